The maximum atomic E-state index is 13.8. The van der Waals surface area contributed by atoms with Gasteiger partial charge in [0, 0.05) is 29.9 Å². The fourth-order valence-electron chi connectivity index (χ4n) is 2.95. The first kappa shape index (κ1) is 20.4. The van der Waals surface area contributed by atoms with E-state index in [0.29, 0.717) is 16.6 Å². The average Bonchev–Trinajstić information content (AvgIpc) is 2.99. The van der Waals surface area contributed by atoms with E-state index in [4.69, 9.17) is 4.74 Å². The number of carbonyl (C=O) groups excluding carboxylic acids is 1. The number of aromatic nitrogens is 2. The normalized spacial score (nSPS) is 11.2. The van der Waals surface area contributed by atoms with Gasteiger partial charge >= 0.3 is 5.97 Å². The number of nitrogens with one attached hydrogen (secondary N) is 1. The Labute approximate surface area is 166 Å². The summed E-state index contributed by atoms with van der Waals surface area (Å²) in [6, 6.07) is 6.01. The maximum Gasteiger partial charge on any atom is 0.340 e. The number of esters is 1. The molecule has 0 saturated heterocycles. The second-order valence-corrected chi connectivity index (χ2v) is 7.31. The third-order valence-electron chi connectivity index (χ3n) is 4.34. The lowest BCUT2D eigenvalue weighted by molar-refractivity contribution is 0.0470. The fourth-order valence-corrected chi connectivity index (χ4v) is 2.95. The second-order valence-electron chi connectivity index (χ2n) is 7.31. The summed E-state index contributed by atoms with van der Waals surface area (Å²) in [7, 11) is 1.57. The molecule has 29 heavy (non-hydrogen) atoms. The van der Waals surface area contributed by atoms with Gasteiger partial charge in [0.2, 0.25) is 0 Å². The number of aryl methyl sites for hydroxylation is 2. The van der Waals surface area contributed by atoms with Gasteiger partial charge in [0.1, 0.15) is 23.5 Å². The van der Waals surface area contributed by atoms with Crippen molar-refractivity contribution in [3.05, 3.63) is 69.0 Å². The number of fused-ring (bicyclic) bond motifs is 1. The Morgan fingerprint density at radius 3 is 2.69 bits per heavy atom. The van der Waals surface area contributed by atoms with Gasteiger partial charge in [-0.1, -0.05) is 30.0 Å². The number of carbonyl (C=O) groups is 1. The molecule has 150 valence electrons. The van der Waals surface area contributed by atoms with Crippen molar-refractivity contribution in [2.75, 3.05) is 0 Å². The summed E-state index contributed by atoms with van der Waals surface area (Å²) >= 11 is 0. The molecule has 2 aromatic heterocycles. The Balaban J connectivity index is 2.09. The number of hydrogen-bond acceptors (Lipinski definition) is 4. The SMILES string of the molecule is Cc1[nH]c2c(=O)n(C)cc(C#CC(C)(C)O)c2c1C(=O)OCc1ccccc1F. The van der Waals surface area contributed by atoms with Crippen molar-refractivity contribution >= 4 is 16.9 Å². The van der Waals surface area contributed by atoms with Gasteiger partial charge in [0.15, 0.2) is 0 Å². The minimum Gasteiger partial charge on any atom is -0.457 e. The minimum atomic E-state index is -1.25. The first-order valence-electron chi connectivity index (χ1n) is 8.96. The summed E-state index contributed by atoms with van der Waals surface area (Å²) in [4.78, 5) is 28.3. The van der Waals surface area contributed by atoms with Gasteiger partial charge in [0.05, 0.1) is 11.1 Å². The van der Waals surface area contributed by atoms with Crippen LogP contribution in [0.25, 0.3) is 10.9 Å². The Bertz CT molecular complexity index is 1220. The lowest BCUT2D eigenvalue weighted by Gasteiger charge is -2.08. The van der Waals surface area contributed by atoms with Crippen LogP contribution in [0.5, 0.6) is 0 Å². The number of aliphatic hydroxyl groups is 1. The van der Waals surface area contributed by atoms with Crippen molar-refractivity contribution in [2.45, 2.75) is 33.0 Å². The van der Waals surface area contributed by atoms with Crippen LogP contribution in [-0.2, 0) is 18.4 Å². The van der Waals surface area contributed by atoms with Gasteiger partial charge in [0.25, 0.3) is 5.56 Å². The van der Waals surface area contributed by atoms with Crippen LogP contribution in [0.15, 0.2) is 35.3 Å². The van der Waals surface area contributed by atoms with E-state index in [1.165, 1.54) is 36.7 Å². The molecule has 0 fully saturated rings. The summed E-state index contributed by atoms with van der Waals surface area (Å²) < 4.78 is 20.5. The summed E-state index contributed by atoms with van der Waals surface area (Å²) in [6.45, 7) is 4.47. The molecule has 0 bridgehead atoms. The Morgan fingerprint density at radius 1 is 1.34 bits per heavy atom. The van der Waals surface area contributed by atoms with Crippen LogP contribution in [0.3, 0.4) is 0 Å². The first-order valence-corrected chi connectivity index (χ1v) is 8.96. The molecule has 0 unspecified atom stereocenters. The predicted molar refractivity (Wildman–Crippen MR) is 107 cm³/mol. The Morgan fingerprint density at radius 2 is 2.03 bits per heavy atom. The topological polar surface area (TPSA) is 84.3 Å². The molecule has 0 spiro atoms. The summed E-state index contributed by atoms with van der Waals surface area (Å²) in [6.07, 6.45) is 1.50. The van der Waals surface area contributed by atoms with Crippen molar-refractivity contribution < 1.29 is 19.0 Å². The molecule has 3 rings (SSSR count). The van der Waals surface area contributed by atoms with Crippen molar-refractivity contribution in [3.8, 4) is 11.8 Å². The van der Waals surface area contributed by atoms with Crippen molar-refractivity contribution in [3.63, 3.8) is 0 Å². The number of benzene rings is 1. The van der Waals surface area contributed by atoms with Crippen molar-refractivity contribution in [2.24, 2.45) is 7.05 Å². The molecule has 1 aromatic carbocycles. The zero-order valence-corrected chi connectivity index (χ0v) is 16.6. The van der Waals surface area contributed by atoms with Gasteiger partial charge in [-0.2, -0.15) is 0 Å². The summed E-state index contributed by atoms with van der Waals surface area (Å²) in [5.74, 6) is 4.36. The zero-order chi connectivity index (χ0) is 21.3. The number of hydrogen-bond donors (Lipinski definition) is 2. The Kier molecular flexibility index (Phi) is 5.31. The van der Waals surface area contributed by atoms with Crippen LogP contribution in [-0.4, -0.2) is 26.2 Å². The van der Waals surface area contributed by atoms with E-state index in [0.717, 1.165) is 0 Å². The number of rotatable bonds is 3. The van der Waals surface area contributed by atoms with E-state index < -0.39 is 17.4 Å². The number of aromatic amines is 1. The van der Waals surface area contributed by atoms with Gasteiger partial charge in [-0.25, -0.2) is 9.18 Å². The van der Waals surface area contributed by atoms with Crippen LogP contribution in [0.1, 0.15) is 41.0 Å². The third-order valence-corrected chi connectivity index (χ3v) is 4.34. The van der Waals surface area contributed by atoms with Crippen molar-refractivity contribution in [1.29, 1.82) is 0 Å². The van der Waals surface area contributed by atoms with Gasteiger partial charge in [-0.15, -0.1) is 0 Å². The highest BCUT2D eigenvalue weighted by atomic mass is 19.1. The predicted octanol–water partition coefficient (Wildman–Crippen LogP) is 2.79. The molecule has 3 aromatic rings. The zero-order valence-electron chi connectivity index (χ0n) is 16.6. The quantitative estimate of drug-likeness (QED) is 0.527. The van der Waals surface area contributed by atoms with Crippen LogP contribution in [0, 0.1) is 24.6 Å². The highest BCUT2D eigenvalue weighted by Gasteiger charge is 2.23. The highest BCUT2D eigenvalue weighted by molar-refractivity contribution is 6.07. The monoisotopic (exact) mass is 396 g/mol. The van der Waals surface area contributed by atoms with Gasteiger partial charge < -0.3 is 19.4 Å². The molecule has 6 nitrogen and oxygen atoms in total. The number of pyridine rings is 1. The van der Waals surface area contributed by atoms with E-state index >= 15 is 0 Å². The Hall–Kier alpha value is -3.37. The first-order chi connectivity index (χ1) is 13.6. The lowest BCUT2D eigenvalue weighted by atomic mass is 10.1. The van der Waals surface area contributed by atoms with Crippen LogP contribution >= 0.6 is 0 Å². The molecular weight excluding hydrogens is 375 g/mol. The maximum absolute atomic E-state index is 13.8. The van der Waals surface area contributed by atoms with E-state index in [-0.39, 0.29) is 28.8 Å². The highest BCUT2D eigenvalue weighted by Crippen LogP contribution is 2.25. The second kappa shape index (κ2) is 7.57. The van der Waals surface area contributed by atoms with E-state index in [9.17, 15) is 19.1 Å². The number of halogens is 1. The number of ether oxygens (including phenoxy) is 1. The average molecular weight is 396 g/mol. The molecule has 0 atom stereocenters. The molecule has 0 amide bonds. The van der Waals surface area contributed by atoms with Crippen LogP contribution in [0.4, 0.5) is 4.39 Å². The van der Waals surface area contributed by atoms with Crippen LogP contribution in [0.2, 0.25) is 0 Å². The standard InChI is InChI=1S/C22H21FN2O4/c1-13-17(21(27)29-12-15-7-5-6-8-16(15)23)18-14(9-10-22(2,3)28)11-25(4)20(26)19(18)24-13/h5-8,11,24,28H,12H2,1-4H3. The molecule has 2 heterocycles. The molecule has 7 heteroatoms. The largest absolute Gasteiger partial charge is 0.457 e. The van der Waals surface area contributed by atoms with E-state index in [2.05, 4.69) is 16.8 Å². The van der Waals surface area contributed by atoms with Crippen LogP contribution < -0.4 is 5.56 Å². The van der Waals surface area contributed by atoms with Gasteiger partial charge in [-0.05, 0) is 26.8 Å². The lowest BCUT2D eigenvalue weighted by Crippen LogP contribution is -2.18. The molecule has 2 N–H and O–H groups in total. The molecule has 0 aliphatic carbocycles. The van der Waals surface area contributed by atoms with E-state index in [1.807, 2.05) is 0 Å². The number of nitrogens with zero attached hydrogens (tertiary/aromatic N) is 1. The van der Waals surface area contributed by atoms with E-state index in [1.54, 1.807) is 26.1 Å². The summed E-state index contributed by atoms with van der Waals surface area (Å²) in [5.41, 5.74) is -0.127. The fraction of sp³-hybridized carbons (Fsp3) is 0.273. The third kappa shape index (κ3) is 4.23. The smallest absolute Gasteiger partial charge is 0.340 e. The molecule has 0 radical (unpaired) electrons. The minimum absolute atomic E-state index is 0.161. The number of H-pyrrole nitrogens is 1. The molecule has 0 saturated carbocycles. The molecular formula is C22H21FN2O4. The van der Waals surface area contributed by atoms with Crippen molar-refractivity contribution in [1.82, 2.24) is 9.55 Å². The molecule has 0 aliphatic heterocycles. The molecule has 0 aliphatic rings. The van der Waals surface area contributed by atoms with Gasteiger partial charge in [-0.3, -0.25) is 4.79 Å². The summed E-state index contributed by atoms with van der Waals surface area (Å²) in [5, 5.41) is 10.2.